The first-order valence-corrected chi connectivity index (χ1v) is 14.4. The van der Waals surface area contributed by atoms with E-state index in [1.165, 1.54) is 16.3 Å². The van der Waals surface area contributed by atoms with Crippen LogP contribution in [0.4, 0.5) is 0 Å². The zero-order chi connectivity index (χ0) is 28.0. The van der Waals surface area contributed by atoms with Crippen LogP contribution in [0.1, 0.15) is 64.9 Å². The summed E-state index contributed by atoms with van der Waals surface area (Å²) >= 11 is 0. The van der Waals surface area contributed by atoms with Crippen LogP contribution in [0.5, 0.6) is 0 Å². The molecule has 2 atom stereocenters. The number of piperazine rings is 1. The van der Waals surface area contributed by atoms with E-state index in [-0.39, 0.29) is 18.2 Å². The molecule has 2 aromatic carbocycles. The third kappa shape index (κ3) is 7.79. The standard InChI is InChI=1S/C31H44N4O4/c1-31(2,3)28(32-29(37)26(20-27(36)33-39)18-22-8-4-5-9-22)30(38)35-16-14-34(15-17-35)21-23-12-13-24-10-6-7-11-25(24)19-23/h6-7,10-13,19,22,26,28,39H,4-5,8-9,14-18,20-21H2,1-3H3,(H,32,37)(H,33,36)/t26-,28-/m1/s1. The van der Waals surface area contributed by atoms with Crippen LogP contribution in [0.3, 0.4) is 0 Å². The minimum absolute atomic E-state index is 0.0765. The molecule has 4 rings (SSSR count). The van der Waals surface area contributed by atoms with Gasteiger partial charge in [0.15, 0.2) is 0 Å². The van der Waals surface area contributed by atoms with Gasteiger partial charge in [0.1, 0.15) is 6.04 Å². The molecule has 1 heterocycles. The number of hydrogen-bond acceptors (Lipinski definition) is 5. The Balaban J connectivity index is 1.37. The number of nitrogens with zero attached hydrogens (tertiary/aromatic N) is 2. The van der Waals surface area contributed by atoms with E-state index in [0.29, 0.717) is 25.4 Å². The number of hydroxylamine groups is 1. The Hall–Kier alpha value is -2.97. The SMILES string of the molecule is CC(C)(C)[C@H](NC(=O)[C@@H](CC(=O)NO)CC1CCCC1)C(=O)N1CCN(Cc2ccc3ccccc3c2)CC1. The molecule has 3 amide bonds. The van der Waals surface area contributed by atoms with Gasteiger partial charge in [0, 0.05) is 45.1 Å². The number of hydrogen-bond donors (Lipinski definition) is 3. The molecule has 3 N–H and O–H groups in total. The second kappa shape index (κ2) is 12.9. The fourth-order valence-electron chi connectivity index (χ4n) is 6.01. The molecule has 39 heavy (non-hydrogen) atoms. The van der Waals surface area contributed by atoms with Crippen LogP contribution >= 0.6 is 0 Å². The van der Waals surface area contributed by atoms with Gasteiger partial charge in [0.05, 0.1) is 0 Å². The van der Waals surface area contributed by atoms with E-state index in [1.54, 1.807) is 5.48 Å². The number of fused-ring (bicyclic) bond motifs is 1. The summed E-state index contributed by atoms with van der Waals surface area (Å²) in [6, 6.07) is 14.2. The molecule has 0 radical (unpaired) electrons. The van der Waals surface area contributed by atoms with Gasteiger partial charge in [-0.2, -0.15) is 0 Å². The lowest BCUT2D eigenvalue weighted by atomic mass is 9.84. The van der Waals surface area contributed by atoms with Crippen LogP contribution in [0, 0.1) is 17.3 Å². The molecular formula is C31H44N4O4. The lowest BCUT2D eigenvalue weighted by Gasteiger charge is -2.40. The molecule has 1 saturated carbocycles. The third-order valence-electron chi connectivity index (χ3n) is 8.32. The van der Waals surface area contributed by atoms with E-state index < -0.39 is 23.3 Å². The van der Waals surface area contributed by atoms with Gasteiger partial charge in [-0.3, -0.25) is 24.5 Å². The van der Waals surface area contributed by atoms with Crippen molar-refractivity contribution in [1.82, 2.24) is 20.6 Å². The van der Waals surface area contributed by atoms with E-state index in [4.69, 9.17) is 5.21 Å². The Kier molecular flexibility index (Phi) is 9.62. The smallest absolute Gasteiger partial charge is 0.245 e. The summed E-state index contributed by atoms with van der Waals surface area (Å²) in [5, 5.41) is 14.5. The number of nitrogens with one attached hydrogen (secondary N) is 2. The molecule has 2 aromatic rings. The van der Waals surface area contributed by atoms with Gasteiger partial charge in [-0.15, -0.1) is 0 Å². The van der Waals surface area contributed by atoms with Crippen molar-refractivity contribution in [2.24, 2.45) is 17.3 Å². The molecule has 0 aromatic heterocycles. The molecular weight excluding hydrogens is 492 g/mol. The van der Waals surface area contributed by atoms with Crippen LogP contribution in [-0.4, -0.2) is 64.9 Å². The molecule has 0 spiro atoms. The van der Waals surface area contributed by atoms with Gasteiger partial charge in [-0.1, -0.05) is 82.9 Å². The normalized spacial score (nSPS) is 18.6. The first kappa shape index (κ1) is 29.0. The molecule has 2 fully saturated rings. The minimum Gasteiger partial charge on any atom is -0.344 e. The molecule has 0 unspecified atom stereocenters. The van der Waals surface area contributed by atoms with E-state index >= 15 is 0 Å². The van der Waals surface area contributed by atoms with E-state index in [0.717, 1.165) is 45.3 Å². The first-order chi connectivity index (χ1) is 18.6. The molecule has 0 bridgehead atoms. The molecule has 212 valence electrons. The fourth-order valence-corrected chi connectivity index (χ4v) is 6.01. The Morgan fingerprint density at radius 2 is 1.64 bits per heavy atom. The topological polar surface area (TPSA) is 102 Å². The van der Waals surface area contributed by atoms with Gasteiger partial charge in [0.2, 0.25) is 17.7 Å². The maximum Gasteiger partial charge on any atom is 0.245 e. The predicted molar refractivity (Wildman–Crippen MR) is 152 cm³/mol. The highest BCUT2D eigenvalue weighted by Gasteiger charge is 2.38. The molecule has 8 nitrogen and oxygen atoms in total. The fraction of sp³-hybridized carbons (Fsp3) is 0.581. The Labute approximate surface area is 232 Å². The van der Waals surface area contributed by atoms with Crippen LogP contribution < -0.4 is 10.8 Å². The van der Waals surface area contributed by atoms with Crippen LogP contribution in [-0.2, 0) is 20.9 Å². The number of carbonyl (C=O) groups is 3. The van der Waals surface area contributed by atoms with Gasteiger partial charge < -0.3 is 10.2 Å². The Morgan fingerprint density at radius 3 is 2.28 bits per heavy atom. The molecule has 2 aliphatic rings. The Bertz CT molecular complexity index is 1150. The minimum atomic E-state index is -0.694. The van der Waals surface area contributed by atoms with Crippen LogP contribution in [0.2, 0.25) is 0 Å². The maximum absolute atomic E-state index is 13.7. The van der Waals surface area contributed by atoms with E-state index in [1.807, 2.05) is 31.7 Å². The number of amides is 3. The third-order valence-corrected chi connectivity index (χ3v) is 8.32. The number of carbonyl (C=O) groups excluding carboxylic acids is 3. The average Bonchev–Trinajstić information content (AvgIpc) is 3.43. The van der Waals surface area contributed by atoms with Crippen molar-refractivity contribution in [3.63, 3.8) is 0 Å². The van der Waals surface area contributed by atoms with Gasteiger partial charge in [0.25, 0.3) is 0 Å². The predicted octanol–water partition coefficient (Wildman–Crippen LogP) is 4.11. The van der Waals surface area contributed by atoms with Crippen molar-refractivity contribution in [2.45, 2.75) is 71.9 Å². The van der Waals surface area contributed by atoms with E-state index in [2.05, 4.69) is 46.6 Å². The van der Waals surface area contributed by atoms with Crippen molar-refractivity contribution < 1.29 is 19.6 Å². The largest absolute Gasteiger partial charge is 0.344 e. The van der Waals surface area contributed by atoms with Gasteiger partial charge in [-0.25, -0.2) is 5.48 Å². The second-order valence-electron chi connectivity index (χ2n) is 12.4. The maximum atomic E-state index is 13.7. The average molecular weight is 537 g/mol. The summed E-state index contributed by atoms with van der Waals surface area (Å²) in [6.07, 6.45) is 4.89. The van der Waals surface area contributed by atoms with Gasteiger partial charge >= 0.3 is 0 Å². The highest BCUT2D eigenvalue weighted by molar-refractivity contribution is 5.91. The summed E-state index contributed by atoms with van der Waals surface area (Å²) in [5.74, 6) is -1.11. The van der Waals surface area contributed by atoms with Crippen molar-refractivity contribution >= 4 is 28.5 Å². The molecule has 1 aliphatic carbocycles. The quantitative estimate of drug-likeness (QED) is 0.331. The second-order valence-corrected chi connectivity index (χ2v) is 12.4. The van der Waals surface area contributed by atoms with Crippen molar-refractivity contribution in [2.75, 3.05) is 26.2 Å². The molecule has 1 saturated heterocycles. The van der Waals surface area contributed by atoms with Gasteiger partial charge in [-0.05, 0) is 40.2 Å². The van der Waals surface area contributed by atoms with Crippen LogP contribution in [0.15, 0.2) is 42.5 Å². The summed E-state index contributed by atoms with van der Waals surface area (Å²) in [5.41, 5.74) is 2.43. The summed E-state index contributed by atoms with van der Waals surface area (Å²) in [6.45, 7) is 9.45. The molecule has 8 heteroatoms. The molecule has 1 aliphatic heterocycles. The van der Waals surface area contributed by atoms with Crippen LogP contribution in [0.25, 0.3) is 10.8 Å². The summed E-state index contributed by atoms with van der Waals surface area (Å²) < 4.78 is 0. The van der Waals surface area contributed by atoms with Crippen molar-refractivity contribution in [3.05, 3.63) is 48.0 Å². The summed E-state index contributed by atoms with van der Waals surface area (Å²) in [7, 11) is 0. The van der Waals surface area contributed by atoms with Crippen molar-refractivity contribution in [1.29, 1.82) is 0 Å². The highest BCUT2D eigenvalue weighted by atomic mass is 16.5. The summed E-state index contributed by atoms with van der Waals surface area (Å²) in [4.78, 5) is 43.3. The lowest BCUT2D eigenvalue weighted by molar-refractivity contribution is -0.142. The van der Waals surface area contributed by atoms with E-state index in [9.17, 15) is 14.4 Å². The number of rotatable bonds is 9. The first-order valence-electron chi connectivity index (χ1n) is 14.4. The monoisotopic (exact) mass is 536 g/mol. The number of benzene rings is 2. The lowest BCUT2D eigenvalue weighted by Crippen LogP contribution is -2.59. The Morgan fingerprint density at radius 1 is 0.974 bits per heavy atom. The van der Waals surface area contributed by atoms with Crippen molar-refractivity contribution in [3.8, 4) is 0 Å². The zero-order valence-electron chi connectivity index (χ0n) is 23.6. The highest BCUT2D eigenvalue weighted by Crippen LogP contribution is 2.32. The zero-order valence-corrected chi connectivity index (χ0v) is 23.6.